The van der Waals surface area contributed by atoms with Crippen LogP contribution in [0.5, 0.6) is 0 Å². The van der Waals surface area contributed by atoms with Gasteiger partial charge in [0.2, 0.25) is 0 Å². The maximum absolute atomic E-state index is 13.7. The molecule has 2 atom stereocenters. The lowest BCUT2D eigenvalue weighted by Gasteiger charge is -2.17. The second kappa shape index (κ2) is 4.69. The SMILES string of the molecule is Fc1cc(Br)ccc1CN1CC2CCCC2C1. The molecule has 1 aromatic carbocycles. The molecule has 0 aromatic heterocycles. The number of rotatable bonds is 2. The normalized spacial score (nSPS) is 28.6. The standard InChI is InChI=1S/C14H17BrFN/c15-13-5-4-12(14(16)6-13)9-17-7-10-2-1-3-11(10)8-17/h4-6,10-11H,1-3,7-9H2. The molecule has 0 bridgehead atoms. The maximum atomic E-state index is 13.7. The van der Waals surface area contributed by atoms with Gasteiger partial charge in [0.25, 0.3) is 0 Å². The third kappa shape index (κ3) is 2.41. The van der Waals surface area contributed by atoms with Crippen LogP contribution in [0.4, 0.5) is 4.39 Å². The van der Waals surface area contributed by atoms with E-state index in [4.69, 9.17) is 0 Å². The second-order valence-corrected chi connectivity index (χ2v) is 6.30. The highest BCUT2D eigenvalue weighted by atomic mass is 79.9. The molecule has 0 N–H and O–H groups in total. The molecule has 1 saturated carbocycles. The summed E-state index contributed by atoms with van der Waals surface area (Å²) in [6, 6.07) is 5.38. The van der Waals surface area contributed by atoms with Crippen LogP contribution in [0.2, 0.25) is 0 Å². The van der Waals surface area contributed by atoms with E-state index in [1.807, 2.05) is 12.1 Å². The van der Waals surface area contributed by atoms with Crippen LogP contribution in [0.1, 0.15) is 24.8 Å². The van der Waals surface area contributed by atoms with Crippen molar-refractivity contribution in [2.45, 2.75) is 25.8 Å². The lowest BCUT2D eigenvalue weighted by molar-refractivity contribution is 0.299. The Morgan fingerprint density at radius 2 is 1.94 bits per heavy atom. The summed E-state index contributed by atoms with van der Waals surface area (Å²) >= 11 is 3.29. The fourth-order valence-corrected chi connectivity index (χ4v) is 3.69. The first-order valence-corrected chi connectivity index (χ1v) is 7.18. The number of nitrogens with zero attached hydrogens (tertiary/aromatic N) is 1. The largest absolute Gasteiger partial charge is 0.298 e. The predicted octanol–water partition coefficient (Wildman–Crippen LogP) is 3.82. The van der Waals surface area contributed by atoms with E-state index < -0.39 is 0 Å². The molecule has 1 aliphatic heterocycles. The minimum absolute atomic E-state index is 0.0866. The van der Waals surface area contributed by atoms with Gasteiger partial charge in [-0.05, 0) is 36.8 Å². The fraction of sp³-hybridized carbons (Fsp3) is 0.571. The van der Waals surface area contributed by atoms with Gasteiger partial charge in [-0.3, -0.25) is 4.90 Å². The van der Waals surface area contributed by atoms with Crippen LogP contribution in [-0.4, -0.2) is 18.0 Å². The topological polar surface area (TPSA) is 3.24 Å². The van der Waals surface area contributed by atoms with E-state index in [0.29, 0.717) is 0 Å². The molecule has 0 radical (unpaired) electrons. The molecule has 3 rings (SSSR count). The Hall–Kier alpha value is -0.410. The van der Waals surface area contributed by atoms with Gasteiger partial charge in [0.15, 0.2) is 0 Å². The molecule has 1 heterocycles. The number of benzene rings is 1. The van der Waals surface area contributed by atoms with Gasteiger partial charge >= 0.3 is 0 Å². The summed E-state index contributed by atoms with van der Waals surface area (Å²) in [5.41, 5.74) is 0.827. The van der Waals surface area contributed by atoms with Crippen molar-refractivity contribution in [1.82, 2.24) is 4.90 Å². The van der Waals surface area contributed by atoms with Crippen LogP contribution in [-0.2, 0) is 6.54 Å². The van der Waals surface area contributed by atoms with Gasteiger partial charge in [-0.25, -0.2) is 4.39 Å². The summed E-state index contributed by atoms with van der Waals surface area (Å²) in [6.45, 7) is 3.10. The van der Waals surface area contributed by atoms with E-state index in [1.165, 1.54) is 32.4 Å². The molecule has 17 heavy (non-hydrogen) atoms. The first kappa shape index (κ1) is 11.7. The summed E-state index contributed by atoms with van der Waals surface area (Å²) in [5, 5.41) is 0. The molecule has 1 saturated heterocycles. The molecule has 1 nitrogen and oxygen atoms in total. The monoisotopic (exact) mass is 297 g/mol. The highest BCUT2D eigenvalue weighted by Crippen LogP contribution is 2.38. The Bertz CT molecular complexity index is 409. The molecule has 2 unspecified atom stereocenters. The van der Waals surface area contributed by atoms with Gasteiger partial charge in [0, 0.05) is 29.7 Å². The van der Waals surface area contributed by atoms with Gasteiger partial charge in [-0.1, -0.05) is 28.4 Å². The van der Waals surface area contributed by atoms with E-state index in [2.05, 4.69) is 20.8 Å². The Labute approximate surface area is 110 Å². The van der Waals surface area contributed by atoms with Gasteiger partial charge in [0.1, 0.15) is 5.82 Å². The third-order valence-corrected chi connectivity index (χ3v) is 4.70. The summed E-state index contributed by atoms with van der Waals surface area (Å²) in [7, 11) is 0. The van der Waals surface area contributed by atoms with Crippen LogP contribution in [0.15, 0.2) is 22.7 Å². The predicted molar refractivity (Wildman–Crippen MR) is 70.2 cm³/mol. The number of likely N-dealkylation sites (tertiary alicyclic amines) is 1. The Morgan fingerprint density at radius 3 is 2.59 bits per heavy atom. The van der Waals surface area contributed by atoms with Crippen molar-refractivity contribution in [3.05, 3.63) is 34.1 Å². The van der Waals surface area contributed by atoms with Crippen LogP contribution in [0.25, 0.3) is 0 Å². The van der Waals surface area contributed by atoms with Crippen molar-refractivity contribution in [2.75, 3.05) is 13.1 Å². The molecule has 2 fully saturated rings. The highest BCUT2D eigenvalue weighted by Gasteiger charge is 2.35. The molecule has 1 aromatic rings. The van der Waals surface area contributed by atoms with Crippen LogP contribution in [0.3, 0.4) is 0 Å². The third-order valence-electron chi connectivity index (χ3n) is 4.21. The molecule has 0 spiro atoms. The summed E-state index contributed by atoms with van der Waals surface area (Å²) in [6.07, 6.45) is 4.16. The van der Waals surface area contributed by atoms with Gasteiger partial charge in [-0.2, -0.15) is 0 Å². The summed E-state index contributed by atoms with van der Waals surface area (Å²) in [5.74, 6) is 1.68. The minimum atomic E-state index is -0.0866. The van der Waals surface area contributed by atoms with Crippen molar-refractivity contribution < 1.29 is 4.39 Å². The zero-order chi connectivity index (χ0) is 11.8. The molecule has 1 aliphatic carbocycles. The Kier molecular flexibility index (Phi) is 3.22. The summed E-state index contributed by atoms with van der Waals surface area (Å²) in [4.78, 5) is 2.42. The van der Waals surface area contributed by atoms with Crippen molar-refractivity contribution in [3.8, 4) is 0 Å². The molecule has 2 aliphatic rings. The van der Waals surface area contributed by atoms with Crippen molar-refractivity contribution in [3.63, 3.8) is 0 Å². The van der Waals surface area contributed by atoms with Crippen molar-refractivity contribution >= 4 is 15.9 Å². The quantitative estimate of drug-likeness (QED) is 0.802. The zero-order valence-corrected chi connectivity index (χ0v) is 11.4. The zero-order valence-electron chi connectivity index (χ0n) is 9.83. The number of hydrogen-bond donors (Lipinski definition) is 0. The van der Waals surface area contributed by atoms with E-state index in [-0.39, 0.29) is 5.82 Å². The first-order valence-electron chi connectivity index (χ1n) is 6.38. The maximum Gasteiger partial charge on any atom is 0.128 e. The Balaban J connectivity index is 1.67. The van der Waals surface area contributed by atoms with Crippen LogP contribution < -0.4 is 0 Å². The highest BCUT2D eigenvalue weighted by molar-refractivity contribution is 9.10. The first-order chi connectivity index (χ1) is 8.22. The average Bonchev–Trinajstić information content (AvgIpc) is 2.82. The molecule has 0 amide bonds. The number of fused-ring (bicyclic) bond motifs is 1. The molecular formula is C14H17BrFN. The van der Waals surface area contributed by atoms with Crippen molar-refractivity contribution in [1.29, 1.82) is 0 Å². The smallest absolute Gasteiger partial charge is 0.128 e. The summed E-state index contributed by atoms with van der Waals surface area (Å²) < 4.78 is 14.6. The molecular weight excluding hydrogens is 281 g/mol. The molecule has 92 valence electrons. The molecule has 3 heteroatoms. The van der Waals surface area contributed by atoms with Gasteiger partial charge < -0.3 is 0 Å². The average molecular weight is 298 g/mol. The lowest BCUT2D eigenvalue weighted by atomic mass is 10.0. The Morgan fingerprint density at radius 1 is 1.24 bits per heavy atom. The van der Waals surface area contributed by atoms with Gasteiger partial charge in [0.05, 0.1) is 0 Å². The van der Waals surface area contributed by atoms with E-state index in [9.17, 15) is 4.39 Å². The van der Waals surface area contributed by atoms with Gasteiger partial charge in [-0.15, -0.1) is 0 Å². The van der Waals surface area contributed by atoms with Crippen molar-refractivity contribution in [2.24, 2.45) is 11.8 Å². The van der Waals surface area contributed by atoms with Crippen LogP contribution >= 0.6 is 15.9 Å². The number of hydrogen-bond acceptors (Lipinski definition) is 1. The lowest BCUT2D eigenvalue weighted by Crippen LogP contribution is -2.21. The van der Waals surface area contributed by atoms with E-state index in [0.717, 1.165) is 28.4 Å². The second-order valence-electron chi connectivity index (χ2n) is 5.38. The number of halogens is 2. The minimum Gasteiger partial charge on any atom is -0.298 e. The van der Waals surface area contributed by atoms with E-state index in [1.54, 1.807) is 6.07 Å². The van der Waals surface area contributed by atoms with E-state index >= 15 is 0 Å². The van der Waals surface area contributed by atoms with Crippen LogP contribution in [0, 0.1) is 17.7 Å². The fourth-order valence-electron chi connectivity index (χ4n) is 3.35.